The minimum absolute atomic E-state index is 0.0622. The van der Waals surface area contributed by atoms with Crippen LogP contribution in [0.5, 0.6) is 0 Å². The summed E-state index contributed by atoms with van der Waals surface area (Å²) in [7, 11) is 1.71. The van der Waals surface area contributed by atoms with Gasteiger partial charge in [0.15, 0.2) is 0 Å². The van der Waals surface area contributed by atoms with E-state index in [-0.39, 0.29) is 11.5 Å². The van der Waals surface area contributed by atoms with Crippen molar-refractivity contribution in [1.29, 1.82) is 0 Å². The van der Waals surface area contributed by atoms with Gasteiger partial charge in [0.2, 0.25) is 0 Å². The number of pyridine rings is 1. The first kappa shape index (κ1) is 18.9. The summed E-state index contributed by atoms with van der Waals surface area (Å²) in [6, 6.07) is 1.53. The lowest BCUT2D eigenvalue weighted by atomic mass is 10.1. The molecule has 0 amide bonds. The number of hydrogen-bond acceptors (Lipinski definition) is 5. The highest BCUT2D eigenvalue weighted by atomic mass is 19.4. The fraction of sp³-hybridized carbons (Fsp3) is 0.600. The first-order valence-corrected chi connectivity index (χ1v) is 9.87. The Balaban J connectivity index is 1.50. The van der Waals surface area contributed by atoms with E-state index in [0.29, 0.717) is 35.7 Å². The van der Waals surface area contributed by atoms with Gasteiger partial charge in [0.05, 0.1) is 23.4 Å². The van der Waals surface area contributed by atoms with Gasteiger partial charge in [-0.25, -0.2) is 9.97 Å². The molecular weight excluding hydrogens is 383 g/mol. The average Bonchev–Trinajstić information content (AvgIpc) is 3.23. The molecule has 4 heterocycles. The number of hydrogen-bond donors (Lipinski definition) is 1. The Kier molecular flexibility index (Phi) is 3.87. The molecule has 1 unspecified atom stereocenters. The number of piperidine rings is 1. The molecule has 4 aliphatic rings. The molecule has 2 aliphatic heterocycles. The molecular formula is C20H24F3N5O. The fourth-order valence-corrected chi connectivity index (χ4v) is 5.38. The normalized spacial score (nSPS) is 30.1. The van der Waals surface area contributed by atoms with Gasteiger partial charge in [-0.05, 0) is 6.07 Å². The molecule has 2 aromatic heterocycles. The number of nitrogen functional groups attached to an aromatic ring is 1. The number of aromatic nitrogens is 3. The van der Waals surface area contributed by atoms with Crippen molar-refractivity contribution in [3.8, 4) is 11.3 Å². The third-order valence-electron chi connectivity index (χ3n) is 6.75. The number of methoxy groups -OCH3 is 1. The zero-order valence-electron chi connectivity index (χ0n) is 16.6. The van der Waals surface area contributed by atoms with Crippen LogP contribution in [0.4, 0.5) is 19.0 Å². The molecule has 2 aliphatic carbocycles. The van der Waals surface area contributed by atoms with Gasteiger partial charge in [-0.3, -0.25) is 4.90 Å². The third-order valence-corrected chi connectivity index (χ3v) is 6.75. The van der Waals surface area contributed by atoms with Gasteiger partial charge in [-0.2, -0.15) is 13.2 Å². The number of fused-ring (bicyclic) bond motifs is 1. The quantitative estimate of drug-likeness (QED) is 0.797. The molecule has 4 atom stereocenters. The predicted octanol–water partition coefficient (Wildman–Crippen LogP) is 2.96. The van der Waals surface area contributed by atoms with E-state index in [0.717, 1.165) is 25.0 Å². The minimum atomic E-state index is -4.55. The van der Waals surface area contributed by atoms with E-state index in [1.54, 1.807) is 7.11 Å². The van der Waals surface area contributed by atoms with Crippen LogP contribution in [-0.2, 0) is 16.5 Å². The van der Waals surface area contributed by atoms with Crippen molar-refractivity contribution >= 4 is 5.82 Å². The van der Waals surface area contributed by atoms with Gasteiger partial charge >= 0.3 is 6.18 Å². The highest BCUT2D eigenvalue weighted by Gasteiger charge is 2.93. The monoisotopic (exact) mass is 407 g/mol. The lowest BCUT2D eigenvalue weighted by molar-refractivity contribution is -0.137. The molecule has 29 heavy (non-hydrogen) atoms. The number of nitrogens with zero attached hydrogens (tertiary/aromatic N) is 4. The second-order valence-electron chi connectivity index (χ2n) is 8.62. The van der Waals surface area contributed by atoms with Gasteiger partial charge in [-0.1, -0.05) is 13.8 Å². The lowest BCUT2D eigenvalue weighted by Crippen LogP contribution is -2.29. The maximum atomic E-state index is 13.3. The van der Waals surface area contributed by atoms with Crippen LogP contribution in [0.1, 0.15) is 31.2 Å². The Morgan fingerprint density at radius 1 is 1.38 bits per heavy atom. The summed E-state index contributed by atoms with van der Waals surface area (Å²) < 4.78 is 47.2. The summed E-state index contributed by atoms with van der Waals surface area (Å²) in [5, 5.41) is 0. The Labute approximate surface area is 166 Å². The number of alkyl halides is 3. The molecule has 2 saturated heterocycles. The first-order valence-electron chi connectivity index (χ1n) is 9.87. The Hall–Kier alpha value is -2.13. The largest absolute Gasteiger partial charge is 0.419 e. The second kappa shape index (κ2) is 5.95. The van der Waals surface area contributed by atoms with E-state index < -0.39 is 17.6 Å². The van der Waals surface area contributed by atoms with Crippen molar-refractivity contribution in [2.45, 2.75) is 37.5 Å². The van der Waals surface area contributed by atoms with Crippen LogP contribution in [0, 0.1) is 11.8 Å². The molecule has 9 heteroatoms. The van der Waals surface area contributed by atoms with E-state index in [2.05, 4.69) is 28.3 Å². The summed E-state index contributed by atoms with van der Waals surface area (Å²) in [6.45, 7) is 6.78. The van der Waals surface area contributed by atoms with Crippen LogP contribution in [0.15, 0.2) is 18.5 Å². The van der Waals surface area contributed by atoms with E-state index in [9.17, 15) is 13.2 Å². The highest BCUT2D eigenvalue weighted by molar-refractivity contribution is 5.63. The Morgan fingerprint density at radius 3 is 2.76 bits per heavy atom. The van der Waals surface area contributed by atoms with Gasteiger partial charge < -0.3 is 15.0 Å². The second-order valence-corrected chi connectivity index (χ2v) is 8.62. The maximum Gasteiger partial charge on any atom is 0.419 e. The zero-order chi connectivity index (χ0) is 20.7. The van der Waals surface area contributed by atoms with Crippen molar-refractivity contribution in [2.24, 2.45) is 11.8 Å². The van der Waals surface area contributed by atoms with Gasteiger partial charge in [0.25, 0.3) is 0 Å². The van der Waals surface area contributed by atoms with Crippen LogP contribution < -0.4 is 5.73 Å². The molecule has 0 spiro atoms. The Morgan fingerprint density at radius 2 is 2.14 bits per heavy atom. The zero-order valence-corrected chi connectivity index (χ0v) is 16.6. The van der Waals surface area contributed by atoms with Crippen LogP contribution in [0.3, 0.4) is 0 Å². The predicted molar refractivity (Wildman–Crippen MR) is 101 cm³/mol. The van der Waals surface area contributed by atoms with E-state index in [1.165, 1.54) is 6.20 Å². The number of nitrogens with two attached hydrogens (primary N) is 1. The number of ether oxygens (including phenoxy) is 1. The molecule has 0 aromatic carbocycles. The molecule has 2 aromatic rings. The van der Waals surface area contributed by atoms with Crippen molar-refractivity contribution in [1.82, 2.24) is 19.4 Å². The number of rotatable bonds is 6. The van der Waals surface area contributed by atoms with Crippen LogP contribution >= 0.6 is 0 Å². The molecule has 0 radical (unpaired) electrons. The summed E-state index contributed by atoms with van der Waals surface area (Å²) in [4.78, 5) is 11.0. The van der Waals surface area contributed by atoms with Crippen LogP contribution in [0.2, 0.25) is 0 Å². The molecule has 6 nitrogen and oxygen atoms in total. The van der Waals surface area contributed by atoms with Crippen molar-refractivity contribution < 1.29 is 17.9 Å². The van der Waals surface area contributed by atoms with Crippen LogP contribution in [-0.4, -0.2) is 52.3 Å². The first-order chi connectivity index (χ1) is 13.7. The highest BCUT2D eigenvalue weighted by Crippen LogP contribution is 2.83. The summed E-state index contributed by atoms with van der Waals surface area (Å²) in [5.41, 5.74) is 5.44. The van der Waals surface area contributed by atoms with E-state index >= 15 is 0 Å². The standard InChI is InChI=1S/C20H24F3N5O/c1-10(2)18-26-14(11-6-12(20(21,22)23)17(24)25-7-11)9-28(18)19-13-8-27(4-5-29-3)16(19)15(13)19/h6-7,9-10,13,15-16H,4-5,8H2,1-3H3,(H2,24,25)/t13-,15-,16?,19-/m0/s1. The maximum absolute atomic E-state index is 13.3. The fourth-order valence-electron chi connectivity index (χ4n) is 5.38. The topological polar surface area (TPSA) is 69.2 Å². The number of halogens is 3. The number of imidazole rings is 1. The van der Waals surface area contributed by atoms with Crippen molar-refractivity contribution in [2.75, 3.05) is 32.5 Å². The van der Waals surface area contributed by atoms with Crippen molar-refractivity contribution in [3.63, 3.8) is 0 Å². The van der Waals surface area contributed by atoms with Gasteiger partial charge in [0, 0.05) is 62.0 Å². The SMILES string of the molecule is COCCN1C[C@H]2[C@H]3C1[C@@]32n1cc(-c2cnc(N)c(C(F)(F)F)c2)nc1C(C)C. The Bertz CT molecular complexity index is 966. The summed E-state index contributed by atoms with van der Waals surface area (Å²) in [5.74, 6) is 1.78. The average molecular weight is 407 g/mol. The van der Waals surface area contributed by atoms with Crippen LogP contribution in [0.25, 0.3) is 11.3 Å². The lowest BCUT2D eigenvalue weighted by Gasteiger charge is -2.18. The third kappa shape index (κ3) is 2.49. The number of anilines is 1. The molecule has 6 rings (SSSR count). The van der Waals surface area contributed by atoms with E-state index in [4.69, 9.17) is 15.5 Å². The molecule has 4 fully saturated rings. The molecule has 2 bridgehead atoms. The molecule has 2 N–H and O–H groups in total. The smallest absolute Gasteiger partial charge is 0.383 e. The van der Waals surface area contributed by atoms with Gasteiger partial charge in [0.1, 0.15) is 11.6 Å². The minimum Gasteiger partial charge on any atom is -0.383 e. The summed E-state index contributed by atoms with van der Waals surface area (Å²) >= 11 is 0. The van der Waals surface area contributed by atoms with E-state index in [1.807, 2.05) is 6.20 Å². The molecule has 156 valence electrons. The molecule has 2 saturated carbocycles. The van der Waals surface area contributed by atoms with Crippen molar-refractivity contribution in [3.05, 3.63) is 29.8 Å². The summed E-state index contributed by atoms with van der Waals surface area (Å²) in [6.07, 6.45) is -1.26. The van der Waals surface area contributed by atoms with Gasteiger partial charge in [-0.15, -0.1) is 0 Å².